The molecule has 5 nitrogen and oxygen atoms in total. The molecule has 0 spiro atoms. The number of benzene rings is 1. The van der Waals surface area contributed by atoms with Crippen LogP contribution in [0.15, 0.2) is 24.3 Å². The van der Waals surface area contributed by atoms with Crippen molar-refractivity contribution in [2.24, 2.45) is 0 Å². The highest BCUT2D eigenvalue weighted by Gasteiger charge is 2.44. The molecule has 0 saturated carbocycles. The van der Waals surface area contributed by atoms with Crippen LogP contribution in [0, 0.1) is 0 Å². The molecule has 0 saturated heterocycles. The minimum absolute atomic E-state index is 0.0223. The number of hydrogen-bond donors (Lipinski definition) is 0. The predicted octanol–water partition coefficient (Wildman–Crippen LogP) is 1.61. The molecule has 0 fully saturated rings. The minimum atomic E-state index is -4.72. The fraction of sp³-hybridized carbons (Fsp3) is 0.250. The molecular formula is C12H9F3N2O3. The first-order chi connectivity index (χ1) is 9.22. The number of amides is 3. The summed E-state index contributed by atoms with van der Waals surface area (Å²) in [5.41, 5.74) is -0.0446. The van der Waals surface area contributed by atoms with Crippen molar-refractivity contribution < 1.29 is 27.6 Å². The molecule has 0 atom stereocenters. The lowest BCUT2D eigenvalue weighted by Gasteiger charge is -2.29. The molecule has 0 aliphatic carbocycles. The van der Waals surface area contributed by atoms with E-state index in [-0.39, 0.29) is 21.1 Å². The predicted molar refractivity (Wildman–Crippen MR) is 60.4 cm³/mol. The van der Waals surface area contributed by atoms with E-state index in [2.05, 4.69) is 0 Å². The van der Waals surface area contributed by atoms with Crippen molar-refractivity contribution >= 4 is 17.7 Å². The number of nitrogens with zero attached hydrogens (tertiary/aromatic N) is 2. The number of hydrazine groups is 1. The number of hydrogen-bond acceptors (Lipinski definition) is 3. The average Bonchev–Trinajstić information content (AvgIpc) is 2.59. The Labute approximate surface area is 111 Å². The van der Waals surface area contributed by atoms with Gasteiger partial charge in [-0.2, -0.15) is 18.2 Å². The number of alkyl halides is 3. The zero-order valence-electron chi connectivity index (χ0n) is 10.3. The van der Waals surface area contributed by atoms with Crippen molar-refractivity contribution in [3.8, 4) is 0 Å². The highest BCUT2D eigenvalue weighted by Crippen LogP contribution is 2.26. The van der Waals surface area contributed by atoms with Crippen LogP contribution in [0.2, 0.25) is 0 Å². The molecule has 0 aromatic heterocycles. The van der Waals surface area contributed by atoms with Crippen LogP contribution in [0.25, 0.3) is 0 Å². The second-order valence-electron chi connectivity index (χ2n) is 4.16. The van der Waals surface area contributed by atoms with E-state index in [0.717, 1.165) is 6.92 Å². The van der Waals surface area contributed by atoms with Gasteiger partial charge in [0.15, 0.2) is 0 Å². The third kappa shape index (κ3) is 2.36. The largest absolute Gasteiger partial charge is 0.408 e. The lowest BCUT2D eigenvalue weighted by molar-refractivity contribution is -0.177. The Bertz CT molecular complexity index is 563. The summed E-state index contributed by atoms with van der Waals surface area (Å²) in [6, 6.07) is 5.60. The summed E-state index contributed by atoms with van der Waals surface area (Å²) < 4.78 is 37.4. The lowest BCUT2D eigenvalue weighted by atomic mass is 10.1. The van der Waals surface area contributed by atoms with E-state index in [1.807, 2.05) is 0 Å². The summed E-state index contributed by atoms with van der Waals surface area (Å²) >= 11 is 0. The number of rotatable bonds is 2. The van der Waals surface area contributed by atoms with Crippen molar-refractivity contribution in [2.75, 3.05) is 6.54 Å². The number of fused-ring (bicyclic) bond motifs is 1. The van der Waals surface area contributed by atoms with Crippen LogP contribution >= 0.6 is 0 Å². The molecule has 2 rings (SSSR count). The first-order valence-electron chi connectivity index (χ1n) is 5.55. The zero-order chi connectivity index (χ0) is 15.1. The second-order valence-corrected chi connectivity index (χ2v) is 4.16. The molecule has 1 aromatic carbocycles. The topological polar surface area (TPSA) is 57.7 Å². The molecule has 106 valence electrons. The molecule has 1 heterocycles. The summed E-state index contributed by atoms with van der Waals surface area (Å²) in [6.07, 6.45) is -4.72. The van der Waals surface area contributed by atoms with Crippen molar-refractivity contribution in [2.45, 2.75) is 13.1 Å². The SMILES string of the molecule is CC(=O)N(CC(F)(F)F)N1C(=O)c2ccccc2C1=O. The first kappa shape index (κ1) is 14.0. The van der Waals surface area contributed by atoms with Crippen molar-refractivity contribution in [3.05, 3.63) is 35.4 Å². The summed E-state index contributed by atoms with van der Waals surface area (Å²) in [7, 11) is 0. The maximum absolute atomic E-state index is 12.5. The van der Waals surface area contributed by atoms with E-state index in [1.54, 1.807) is 0 Å². The highest BCUT2D eigenvalue weighted by molar-refractivity contribution is 6.21. The molecule has 0 N–H and O–H groups in total. The molecule has 1 aliphatic heterocycles. The van der Waals surface area contributed by atoms with E-state index in [1.165, 1.54) is 24.3 Å². The van der Waals surface area contributed by atoms with Gasteiger partial charge in [0.25, 0.3) is 11.8 Å². The van der Waals surface area contributed by atoms with E-state index in [0.29, 0.717) is 0 Å². The Balaban J connectivity index is 2.40. The molecule has 20 heavy (non-hydrogen) atoms. The van der Waals surface area contributed by atoms with E-state index >= 15 is 0 Å². The number of carbonyl (C=O) groups excluding carboxylic acids is 3. The van der Waals surface area contributed by atoms with Crippen LogP contribution in [0.4, 0.5) is 13.2 Å². The number of halogens is 3. The van der Waals surface area contributed by atoms with Crippen LogP contribution in [0.5, 0.6) is 0 Å². The van der Waals surface area contributed by atoms with Gasteiger partial charge in [0.05, 0.1) is 11.1 Å². The molecule has 0 unspecified atom stereocenters. The highest BCUT2D eigenvalue weighted by atomic mass is 19.4. The molecule has 0 bridgehead atoms. The molecule has 1 aromatic rings. The number of carbonyl (C=O) groups is 3. The van der Waals surface area contributed by atoms with Gasteiger partial charge in [0.2, 0.25) is 5.91 Å². The second kappa shape index (κ2) is 4.62. The molecule has 0 radical (unpaired) electrons. The van der Waals surface area contributed by atoms with E-state index in [9.17, 15) is 27.6 Å². The van der Waals surface area contributed by atoms with Crippen LogP contribution in [0.1, 0.15) is 27.6 Å². The Morgan fingerprint density at radius 2 is 1.60 bits per heavy atom. The first-order valence-corrected chi connectivity index (χ1v) is 5.55. The summed E-state index contributed by atoms with van der Waals surface area (Å²) in [5, 5.41) is 0.338. The summed E-state index contributed by atoms with van der Waals surface area (Å²) in [4.78, 5) is 35.3. The van der Waals surface area contributed by atoms with Crippen LogP contribution in [-0.4, -0.2) is 40.5 Å². The van der Waals surface area contributed by atoms with Gasteiger partial charge >= 0.3 is 6.18 Å². The van der Waals surface area contributed by atoms with E-state index in [4.69, 9.17) is 0 Å². The van der Waals surface area contributed by atoms with Gasteiger partial charge in [-0.05, 0) is 12.1 Å². The molecule has 3 amide bonds. The van der Waals surface area contributed by atoms with E-state index < -0.39 is 30.4 Å². The third-order valence-electron chi connectivity index (χ3n) is 2.71. The minimum Gasteiger partial charge on any atom is -0.273 e. The fourth-order valence-electron chi connectivity index (χ4n) is 1.89. The van der Waals surface area contributed by atoms with Crippen LogP contribution < -0.4 is 0 Å². The zero-order valence-corrected chi connectivity index (χ0v) is 10.3. The standard InChI is InChI=1S/C12H9F3N2O3/c1-7(18)16(6-12(13,14)15)17-10(19)8-4-2-3-5-9(8)11(17)20/h2-5H,6H2,1H3. The van der Waals surface area contributed by atoms with Gasteiger partial charge in [0, 0.05) is 6.92 Å². The van der Waals surface area contributed by atoms with Gasteiger partial charge in [0.1, 0.15) is 6.54 Å². The van der Waals surface area contributed by atoms with Crippen molar-refractivity contribution in [1.82, 2.24) is 10.0 Å². The summed E-state index contributed by atoms with van der Waals surface area (Å²) in [5.74, 6) is -2.92. The van der Waals surface area contributed by atoms with Gasteiger partial charge < -0.3 is 0 Å². The number of imide groups is 1. The molecule has 1 aliphatic rings. The Hall–Kier alpha value is -2.38. The van der Waals surface area contributed by atoms with Gasteiger partial charge in [-0.3, -0.25) is 14.4 Å². The molecular weight excluding hydrogens is 277 g/mol. The maximum atomic E-state index is 12.5. The third-order valence-corrected chi connectivity index (χ3v) is 2.71. The van der Waals surface area contributed by atoms with Crippen molar-refractivity contribution in [1.29, 1.82) is 0 Å². The van der Waals surface area contributed by atoms with Gasteiger partial charge in [-0.1, -0.05) is 12.1 Å². The normalized spacial score (nSPS) is 14.5. The Kier molecular flexibility index (Phi) is 3.24. The van der Waals surface area contributed by atoms with Gasteiger partial charge in [-0.15, -0.1) is 0 Å². The average molecular weight is 286 g/mol. The summed E-state index contributed by atoms with van der Waals surface area (Å²) in [6.45, 7) is -0.844. The van der Waals surface area contributed by atoms with Gasteiger partial charge in [-0.25, -0.2) is 5.01 Å². The fourth-order valence-corrected chi connectivity index (χ4v) is 1.89. The quantitative estimate of drug-likeness (QED) is 0.776. The van der Waals surface area contributed by atoms with Crippen LogP contribution in [0.3, 0.4) is 0 Å². The molecule has 8 heteroatoms. The maximum Gasteiger partial charge on any atom is 0.408 e. The Morgan fingerprint density at radius 1 is 1.15 bits per heavy atom. The van der Waals surface area contributed by atoms with Crippen LogP contribution in [-0.2, 0) is 4.79 Å². The lowest BCUT2D eigenvalue weighted by Crippen LogP contribution is -2.52. The smallest absolute Gasteiger partial charge is 0.273 e. The van der Waals surface area contributed by atoms with Crippen molar-refractivity contribution in [3.63, 3.8) is 0 Å². The monoisotopic (exact) mass is 286 g/mol. The Morgan fingerprint density at radius 3 is 1.95 bits per heavy atom.